The minimum absolute atomic E-state index is 0.150. The highest BCUT2D eigenvalue weighted by molar-refractivity contribution is 7.08. The molecule has 1 fully saturated rings. The first kappa shape index (κ1) is 14.3. The predicted octanol–water partition coefficient (Wildman–Crippen LogP) is 2.24. The Bertz CT molecular complexity index is 784. The summed E-state index contributed by atoms with van der Waals surface area (Å²) < 4.78 is 3.93. The number of aliphatic carboxylic acids is 1. The summed E-state index contributed by atoms with van der Waals surface area (Å²) in [4.78, 5) is 26.6. The maximum absolute atomic E-state index is 12.9. The second kappa shape index (κ2) is 5.42. The van der Waals surface area contributed by atoms with E-state index in [2.05, 4.69) is 9.59 Å². The number of hydrogen-bond acceptors (Lipinski definition) is 5. The fourth-order valence-corrected chi connectivity index (χ4v) is 3.80. The second-order valence-corrected chi connectivity index (χ2v) is 6.79. The third-order valence-corrected chi connectivity index (χ3v) is 5.18. The quantitative estimate of drug-likeness (QED) is 0.933. The van der Waals surface area contributed by atoms with E-state index in [1.54, 1.807) is 4.90 Å². The third kappa shape index (κ3) is 2.50. The van der Waals surface area contributed by atoms with Gasteiger partial charge in [-0.15, -0.1) is 5.10 Å². The third-order valence-electron chi connectivity index (χ3n) is 4.45. The number of nitrogens with zero attached hydrogens (tertiary/aromatic N) is 3. The van der Waals surface area contributed by atoms with Crippen LogP contribution in [0.5, 0.6) is 0 Å². The molecule has 7 heteroatoms. The van der Waals surface area contributed by atoms with Crippen molar-refractivity contribution in [1.82, 2.24) is 14.5 Å². The lowest BCUT2D eigenvalue weighted by molar-refractivity contribution is -0.139. The predicted molar refractivity (Wildman–Crippen MR) is 83.4 cm³/mol. The minimum atomic E-state index is -0.903. The maximum Gasteiger partial charge on any atom is 0.312 e. The summed E-state index contributed by atoms with van der Waals surface area (Å²) in [6.45, 7) is 0.619. The average molecular weight is 329 g/mol. The Morgan fingerprint density at radius 3 is 2.78 bits per heavy atom. The monoisotopic (exact) mass is 329 g/mol. The zero-order valence-electron chi connectivity index (χ0n) is 12.3. The summed E-state index contributed by atoms with van der Waals surface area (Å²) in [7, 11) is 0. The number of aromatic nitrogens is 2. The Hall–Kier alpha value is -2.28. The van der Waals surface area contributed by atoms with E-state index < -0.39 is 11.9 Å². The highest BCUT2D eigenvalue weighted by Crippen LogP contribution is 2.42. The van der Waals surface area contributed by atoms with Crippen molar-refractivity contribution in [3.05, 3.63) is 46.0 Å². The molecule has 0 saturated heterocycles. The molecule has 1 aromatic carbocycles. The molecule has 6 nitrogen and oxygen atoms in total. The first-order valence-electron chi connectivity index (χ1n) is 7.57. The second-order valence-electron chi connectivity index (χ2n) is 6.04. The molecule has 1 amide bonds. The van der Waals surface area contributed by atoms with Gasteiger partial charge in [0.2, 0.25) is 0 Å². The van der Waals surface area contributed by atoms with E-state index >= 15 is 0 Å². The molecule has 2 heterocycles. The van der Waals surface area contributed by atoms with Gasteiger partial charge in [-0.2, -0.15) is 0 Å². The molecule has 23 heavy (non-hydrogen) atoms. The van der Waals surface area contributed by atoms with E-state index in [0.717, 1.165) is 41.2 Å². The molecule has 118 valence electrons. The summed E-state index contributed by atoms with van der Waals surface area (Å²) in [6, 6.07) is 7.43. The molecule has 1 unspecified atom stereocenters. The summed E-state index contributed by atoms with van der Waals surface area (Å²) >= 11 is 1.11. The van der Waals surface area contributed by atoms with Gasteiger partial charge in [-0.1, -0.05) is 28.8 Å². The van der Waals surface area contributed by atoms with E-state index in [4.69, 9.17) is 0 Å². The van der Waals surface area contributed by atoms with E-state index in [1.165, 1.54) is 0 Å². The minimum Gasteiger partial charge on any atom is -0.481 e. The van der Waals surface area contributed by atoms with Crippen LogP contribution in [0.1, 0.15) is 51.2 Å². The molecule has 4 rings (SSSR count). The standard InChI is InChI=1S/C16H15N3O3S/c20-15(14-13(9-5-6-9)17-18-23-14)19-7-10-3-1-2-4-11(10)12(8-19)16(21)22/h1-4,9,12H,5-8H2,(H,21,22). The highest BCUT2D eigenvalue weighted by Gasteiger charge is 2.37. The molecule has 0 radical (unpaired) electrons. The van der Waals surface area contributed by atoms with Crippen LogP contribution < -0.4 is 0 Å². The largest absolute Gasteiger partial charge is 0.481 e. The number of carbonyl (C=O) groups is 2. The Labute approximate surface area is 136 Å². The molecular weight excluding hydrogens is 314 g/mol. The number of carboxylic acids is 1. The Morgan fingerprint density at radius 2 is 2.04 bits per heavy atom. The van der Waals surface area contributed by atoms with Crippen molar-refractivity contribution >= 4 is 23.4 Å². The zero-order valence-corrected chi connectivity index (χ0v) is 13.1. The fourth-order valence-electron chi connectivity index (χ4n) is 3.09. The van der Waals surface area contributed by atoms with Crippen LogP contribution in [0.4, 0.5) is 0 Å². The van der Waals surface area contributed by atoms with Gasteiger partial charge in [0.05, 0.1) is 11.6 Å². The lowest BCUT2D eigenvalue weighted by Crippen LogP contribution is -2.40. The Morgan fingerprint density at radius 1 is 1.26 bits per heavy atom. The van der Waals surface area contributed by atoms with E-state index in [9.17, 15) is 14.7 Å². The number of hydrogen-bond donors (Lipinski definition) is 1. The smallest absolute Gasteiger partial charge is 0.312 e. The first-order valence-corrected chi connectivity index (χ1v) is 8.34. The van der Waals surface area contributed by atoms with Crippen molar-refractivity contribution in [2.45, 2.75) is 31.2 Å². The van der Waals surface area contributed by atoms with E-state index in [-0.39, 0.29) is 12.5 Å². The Balaban J connectivity index is 1.66. The number of benzene rings is 1. The van der Waals surface area contributed by atoms with Crippen LogP contribution in [0.15, 0.2) is 24.3 Å². The molecule has 2 aliphatic rings. The maximum atomic E-state index is 12.9. The molecule has 2 aromatic rings. The Kier molecular flexibility index (Phi) is 3.37. The van der Waals surface area contributed by atoms with Crippen molar-refractivity contribution in [3.63, 3.8) is 0 Å². The van der Waals surface area contributed by atoms with Gasteiger partial charge < -0.3 is 10.0 Å². The van der Waals surface area contributed by atoms with Gasteiger partial charge in [0.1, 0.15) is 4.88 Å². The van der Waals surface area contributed by atoms with Gasteiger partial charge in [0.15, 0.2) is 0 Å². The molecule has 0 spiro atoms. The zero-order chi connectivity index (χ0) is 16.0. The fraction of sp³-hybridized carbons (Fsp3) is 0.375. The van der Waals surface area contributed by atoms with Gasteiger partial charge in [-0.3, -0.25) is 9.59 Å². The molecule has 1 aromatic heterocycles. The topological polar surface area (TPSA) is 83.4 Å². The highest BCUT2D eigenvalue weighted by atomic mass is 32.1. The van der Waals surface area contributed by atoms with Gasteiger partial charge >= 0.3 is 5.97 Å². The molecule has 1 saturated carbocycles. The van der Waals surface area contributed by atoms with Crippen LogP contribution >= 0.6 is 11.5 Å². The SMILES string of the molecule is O=C(O)C1CN(C(=O)c2snnc2C2CC2)Cc2ccccc21. The summed E-state index contributed by atoms with van der Waals surface area (Å²) in [6.07, 6.45) is 2.10. The number of carboxylic acid groups (broad SMARTS) is 1. The van der Waals surface area contributed by atoms with Crippen molar-refractivity contribution in [2.24, 2.45) is 0 Å². The number of rotatable bonds is 3. The number of amides is 1. The molecule has 1 N–H and O–H groups in total. The van der Waals surface area contributed by atoms with Crippen molar-refractivity contribution in [1.29, 1.82) is 0 Å². The summed E-state index contributed by atoms with van der Waals surface area (Å²) in [5.41, 5.74) is 2.48. The first-order chi connectivity index (χ1) is 11.1. The molecule has 1 atom stereocenters. The van der Waals surface area contributed by atoms with Crippen molar-refractivity contribution in [3.8, 4) is 0 Å². The van der Waals surface area contributed by atoms with Gasteiger partial charge in [0.25, 0.3) is 5.91 Å². The van der Waals surface area contributed by atoms with Gasteiger partial charge in [-0.05, 0) is 35.5 Å². The van der Waals surface area contributed by atoms with Crippen LogP contribution in [0, 0.1) is 0 Å². The van der Waals surface area contributed by atoms with E-state index in [0.29, 0.717) is 17.3 Å². The van der Waals surface area contributed by atoms with E-state index in [1.807, 2.05) is 24.3 Å². The van der Waals surface area contributed by atoms with Crippen LogP contribution in [0.2, 0.25) is 0 Å². The van der Waals surface area contributed by atoms with Crippen LogP contribution in [0.25, 0.3) is 0 Å². The van der Waals surface area contributed by atoms with Crippen LogP contribution in [-0.4, -0.2) is 38.0 Å². The molecular formula is C16H15N3O3S. The molecule has 1 aliphatic carbocycles. The number of carbonyl (C=O) groups excluding carboxylic acids is 1. The van der Waals surface area contributed by atoms with Crippen molar-refractivity contribution in [2.75, 3.05) is 6.54 Å². The average Bonchev–Trinajstić information content (AvgIpc) is 3.29. The summed E-state index contributed by atoms with van der Waals surface area (Å²) in [5, 5.41) is 13.6. The molecule has 0 bridgehead atoms. The lowest BCUT2D eigenvalue weighted by atomic mass is 9.89. The molecule has 1 aliphatic heterocycles. The van der Waals surface area contributed by atoms with Crippen molar-refractivity contribution < 1.29 is 14.7 Å². The van der Waals surface area contributed by atoms with Gasteiger partial charge in [0, 0.05) is 19.0 Å². The summed E-state index contributed by atoms with van der Waals surface area (Å²) in [5.74, 6) is -1.39. The normalized spacial score (nSPS) is 20.2. The lowest BCUT2D eigenvalue weighted by Gasteiger charge is -2.32. The van der Waals surface area contributed by atoms with Gasteiger partial charge in [-0.25, -0.2) is 0 Å². The van der Waals surface area contributed by atoms with Crippen LogP contribution in [0.3, 0.4) is 0 Å². The number of fused-ring (bicyclic) bond motifs is 1. The van der Waals surface area contributed by atoms with Crippen LogP contribution in [-0.2, 0) is 11.3 Å².